The number of halogens is 7. The number of anilines is 2. The zero-order valence-corrected chi connectivity index (χ0v) is 77.0. The van der Waals surface area contributed by atoms with E-state index in [9.17, 15) is 43.8 Å². The van der Waals surface area contributed by atoms with E-state index in [0.717, 1.165) is 180 Å². The molecule has 8 heterocycles. The minimum atomic E-state index is -0.981. The Hall–Kier alpha value is -9.80. The number of carboxylic acid groups (broad SMARTS) is 1. The van der Waals surface area contributed by atoms with Gasteiger partial charge in [0.1, 0.15) is 35.8 Å². The van der Waals surface area contributed by atoms with Crippen LogP contribution in [0, 0.1) is 17.8 Å². The zero-order valence-electron chi connectivity index (χ0n) is 71.7. The van der Waals surface area contributed by atoms with E-state index in [4.69, 9.17) is 113 Å². The first kappa shape index (κ1) is 108. The number of aliphatic hydroxyl groups is 4. The molecule has 5 aliphatic heterocycles. The van der Waals surface area contributed by atoms with E-state index < -0.39 is 17.9 Å². The van der Waals surface area contributed by atoms with E-state index in [2.05, 4.69) is 83.8 Å². The molecule has 4 atom stereocenters. The van der Waals surface area contributed by atoms with Gasteiger partial charge >= 0.3 is 23.9 Å². The number of nitrogens with zero attached hydrogens (tertiary/aromatic N) is 9. The van der Waals surface area contributed by atoms with Gasteiger partial charge in [-0.25, -0.2) is 44.3 Å². The first-order valence-corrected chi connectivity index (χ1v) is 43.7. The topological polar surface area (TPSA) is 421 Å². The molecule has 11 N–H and O–H groups in total. The van der Waals surface area contributed by atoms with Crippen molar-refractivity contribution in [1.82, 2.24) is 45.4 Å². The number of carbonyl (C=O) groups is 7. The predicted molar refractivity (Wildman–Crippen MR) is 503 cm³/mol. The Morgan fingerprint density at radius 1 is 0.528 bits per heavy atom. The number of hydrogen-bond acceptors (Lipinski definition) is 25. The van der Waals surface area contributed by atoms with Gasteiger partial charge in [-0.3, -0.25) is 19.2 Å². The molecule has 4 unspecified atom stereocenters. The molecular formula is C91H112Cl7N13O16. The molecule has 29 nitrogen and oxygen atoms in total. The summed E-state index contributed by atoms with van der Waals surface area (Å²) in [5.74, 6) is -0.367. The molecule has 0 aliphatic carbocycles. The van der Waals surface area contributed by atoms with Crippen LogP contribution in [0.1, 0.15) is 90.9 Å². The molecule has 0 radical (unpaired) electrons. The number of carbonyl (C=O) groups excluding carboxylic acids is 6. The van der Waals surface area contributed by atoms with Gasteiger partial charge in [0.05, 0.1) is 65.4 Å². The SMILES string of the molecule is C1CCOC1.C=CC(=O)N1CCN(c2ncnc3cc(Cl)c(-c4ccc(Cl)cc4)cc23)CC1CCO.C=CC(=O)O.CC(C)O.COC(=O)/C=C\C(=O)OC.COC(=O)CC1CCCNC1=O.Clc1ccc(-c2cc3c(Cl)ncnc3cc2Cl)cc1.NCCN.O=C1NCCCC1CCO.OCCC1CCCN(c2ncnc3cc(Cl)c(-c4ccc(Cl)cc4)cc23)C1. The number of piperidine rings is 3. The van der Waals surface area contributed by atoms with Gasteiger partial charge in [0.2, 0.25) is 17.7 Å². The summed E-state index contributed by atoms with van der Waals surface area (Å²) in [6.07, 6.45) is 19.2. The van der Waals surface area contributed by atoms with E-state index in [1.165, 1.54) is 52.9 Å². The minimum Gasteiger partial charge on any atom is -0.478 e. The molecule has 36 heteroatoms. The van der Waals surface area contributed by atoms with Crippen molar-refractivity contribution in [3.8, 4) is 33.4 Å². The molecule has 0 spiro atoms. The number of piperazine rings is 1. The molecule has 5 saturated heterocycles. The fourth-order valence-corrected chi connectivity index (χ4v) is 14.5. The molecule has 127 heavy (non-hydrogen) atoms. The zero-order chi connectivity index (χ0) is 93.3. The van der Waals surface area contributed by atoms with Gasteiger partial charge in [-0.2, -0.15) is 0 Å². The van der Waals surface area contributed by atoms with E-state index >= 15 is 0 Å². The van der Waals surface area contributed by atoms with Gasteiger partial charge in [-0.15, -0.1) is 0 Å². The first-order chi connectivity index (χ1) is 61.0. The van der Waals surface area contributed by atoms with Crippen molar-refractivity contribution >= 4 is 167 Å². The molecule has 5 fully saturated rings. The van der Waals surface area contributed by atoms with Crippen molar-refractivity contribution < 1.29 is 78.0 Å². The number of aliphatic carboxylic acids is 1. The molecule has 3 aromatic heterocycles. The Balaban J connectivity index is 0.000000270. The number of amides is 3. The highest BCUT2D eigenvalue weighted by molar-refractivity contribution is 6.37. The summed E-state index contributed by atoms with van der Waals surface area (Å²) in [7, 11) is 3.79. The molecule has 9 aromatic rings. The van der Waals surface area contributed by atoms with Crippen molar-refractivity contribution in [3.63, 3.8) is 0 Å². The Morgan fingerprint density at radius 2 is 0.937 bits per heavy atom. The van der Waals surface area contributed by atoms with Gasteiger partial charge < -0.3 is 81.3 Å². The first-order valence-electron chi connectivity index (χ1n) is 41.0. The Kier molecular flexibility index (Phi) is 50.3. The number of aromatic nitrogens is 6. The number of hydrogen-bond donors (Lipinski definition) is 9. The average Bonchev–Trinajstić information content (AvgIpc) is 1.05. The maximum atomic E-state index is 12.2. The quantitative estimate of drug-likeness (QED) is 0.0167. The van der Waals surface area contributed by atoms with Crippen LogP contribution in [0.3, 0.4) is 0 Å². The highest BCUT2D eigenvalue weighted by Crippen LogP contribution is 2.40. The normalized spacial score (nSPS) is 16.1. The summed E-state index contributed by atoms with van der Waals surface area (Å²) < 4.78 is 17.8. The molecular weight excluding hydrogens is 1780 g/mol. The standard InChI is InChI=1S/C23H22Cl2N4O2.C21H21Cl2N3O.C14H7Cl3N2.C8H13NO3.C7H13NO2.C6H8O4.C4H8O.C3H4O2.C3H8O.C2H8N2/c1-2-22(31)29-9-8-28(13-17(29)7-10-30)23-19-11-18(15-3-5-16(24)6-4-15)20(25)12-21(19)26-14-27-23;22-16-5-3-15(4-6-16)17-10-18-20(11-19(17)23)24-13-25-21(18)26-8-1-2-14(12-26)7-9-27;15-9-3-1-8(2-4-9)10-5-11-13(6-12(10)16)18-7-19-14(11)17;1-12-7(10)5-6-3-2-4-9-8(6)11;9-5-3-6-2-1-4-8-7(6)10;1-9-5(7)3-4-6(8)10-2;1-2-4-5-3-1;1-2-3(4)5;1-3(2)4;3-1-2-4/h2-6,11-12,14,17,30H,1,7-10,13H2;3-6,10-11,13-14,27H,1-2,7-9,12H2;1-7H;6H,2-5H2,1H3,(H,9,11);6,9H,1-5H2,(H,8,10);3-4H,1-2H3;1-4H2;2H,1H2,(H,4,5);3-4H,1-2H3;1-4H2/b;;;;;4-3-;;;;. The summed E-state index contributed by atoms with van der Waals surface area (Å²) in [6, 6.07) is 34.0. The van der Waals surface area contributed by atoms with E-state index in [1.807, 2.05) is 97.1 Å². The number of benzene rings is 6. The van der Waals surface area contributed by atoms with Crippen LogP contribution in [0.2, 0.25) is 35.3 Å². The molecule has 5 aliphatic rings. The van der Waals surface area contributed by atoms with Crippen LogP contribution in [0.4, 0.5) is 11.6 Å². The fraction of sp³-hybridized carbons (Fsp3) is 0.396. The van der Waals surface area contributed by atoms with Crippen LogP contribution in [0.15, 0.2) is 166 Å². The Bertz CT molecular complexity index is 4970. The number of aliphatic hydroxyl groups excluding tert-OH is 4. The Morgan fingerprint density at radius 3 is 1.31 bits per heavy atom. The lowest BCUT2D eigenvalue weighted by Crippen LogP contribution is -2.55. The fourth-order valence-electron chi connectivity index (χ4n) is 13.1. The third-order valence-corrected chi connectivity index (χ3v) is 21.4. The number of carboxylic acids is 1. The number of fused-ring (bicyclic) bond motifs is 3. The third kappa shape index (κ3) is 37.4. The van der Waals surface area contributed by atoms with Crippen LogP contribution in [-0.2, 0) is 52.5 Å². The largest absolute Gasteiger partial charge is 0.478 e. The van der Waals surface area contributed by atoms with Crippen LogP contribution < -0.4 is 31.9 Å². The molecule has 3 amide bonds. The summed E-state index contributed by atoms with van der Waals surface area (Å²) in [5.41, 5.74) is 17.7. The number of methoxy groups -OCH3 is 3. The second-order valence-corrected chi connectivity index (χ2v) is 31.8. The van der Waals surface area contributed by atoms with E-state index in [1.54, 1.807) is 31.1 Å². The highest BCUT2D eigenvalue weighted by Gasteiger charge is 2.32. The van der Waals surface area contributed by atoms with E-state index in [-0.39, 0.29) is 73.9 Å². The number of nitrogens with two attached hydrogens (primary N) is 2. The van der Waals surface area contributed by atoms with Gasteiger partial charge in [0.15, 0.2) is 0 Å². The van der Waals surface area contributed by atoms with Crippen molar-refractivity contribution in [2.75, 3.05) is 123 Å². The molecule has 686 valence electrons. The summed E-state index contributed by atoms with van der Waals surface area (Å²) in [4.78, 5) is 107. The van der Waals surface area contributed by atoms with Gasteiger partial charge in [0, 0.05) is 176 Å². The second-order valence-electron chi connectivity index (χ2n) is 28.9. The molecule has 0 saturated carbocycles. The number of esters is 3. The number of rotatable bonds is 18. The van der Waals surface area contributed by atoms with Crippen molar-refractivity contribution in [2.24, 2.45) is 29.2 Å². The van der Waals surface area contributed by atoms with Crippen LogP contribution in [-0.4, -0.2) is 227 Å². The van der Waals surface area contributed by atoms with Crippen LogP contribution >= 0.6 is 81.2 Å². The van der Waals surface area contributed by atoms with Gasteiger partial charge in [-0.1, -0.05) is 131 Å². The molecule has 0 bridgehead atoms. The molecule has 14 rings (SSSR count). The predicted octanol–water partition coefficient (Wildman–Crippen LogP) is 14.9. The average molecular weight is 1890 g/mol. The van der Waals surface area contributed by atoms with Crippen molar-refractivity contribution in [2.45, 2.75) is 103 Å². The van der Waals surface area contributed by atoms with Crippen molar-refractivity contribution in [3.05, 3.63) is 201 Å². The van der Waals surface area contributed by atoms with Crippen molar-refractivity contribution in [1.29, 1.82) is 0 Å². The summed E-state index contributed by atoms with van der Waals surface area (Å²) in [5, 5.41) is 55.5. The highest BCUT2D eigenvalue weighted by atomic mass is 35.5. The van der Waals surface area contributed by atoms with Crippen LogP contribution in [0.5, 0.6) is 0 Å². The third-order valence-electron chi connectivity index (χ3n) is 19.4. The van der Waals surface area contributed by atoms with Gasteiger partial charge in [-0.05, 0) is 186 Å². The van der Waals surface area contributed by atoms with Crippen LogP contribution in [0.25, 0.3) is 66.1 Å². The second kappa shape index (κ2) is 59.3. The number of ether oxygens (including phenoxy) is 4. The lowest BCUT2D eigenvalue weighted by molar-refractivity contribution is -0.144. The van der Waals surface area contributed by atoms with E-state index in [0.29, 0.717) is 86.8 Å². The summed E-state index contributed by atoms with van der Waals surface area (Å²) in [6.45, 7) is 18.7. The maximum absolute atomic E-state index is 12.2. The van der Waals surface area contributed by atoms with Gasteiger partial charge in [0.25, 0.3) is 0 Å². The lowest BCUT2D eigenvalue weighted by atomic mass is 9.95. The lowest BCUT2D eigenvalue weighted by Gasteiger charge is -2.41. The monoisotopic (exact) mass is 1890 g/mol. The maximum Gasteiger partial charge on any atom is 0.330 e. The number of nitrogens with one attached hydrogen (secondary N) is 2. The molecule has 6 aromatic carbocycles. The summed E-state index contributed by atoms with van der Waals surface area (Å²) >= 11 is 43.4. The minimum absolute atomic E-state index is 0.000272. The Labute approximate surface area is 775 Å². The smallest absolute Gasteiger partial charge is 0.330 e.